The van der Waals surface area contributed by atoms with Gasteiger partial charge in [-0.15, -0.1) is 0 Å². The quantitative estimate of drug-likeness (QED) is 0.730. The van der Waals surface area contributed by atoms with Gasteiger partial charge < -0.3 is 14.2 Å². The van der Waals surface area contributed by atoms with E-state index in [0.29, 0.717) is 0 Å². The summed E-state index contributed by atoms with van der Waals surface area (Å²) in [5, 5.41) is 8.53. The molecular weight excluding hydrogens is 212 g/mol. The van der Waals surface area contributed by atoms with E-state index in [2.05, 4.69) is 9.05 Å². The molecule has 13 heavy (non-hydrogen) atoms. The van der Waals surface area contributed by atoms with Gasteiger partial charge in [-0.2, -0.15) is 13.2 Å². The summed E-state index contributed by atoms with van der Waals surface area (Å²) in [4.78, 5) is 0. The van der Waals surface area contributed by atoms with Crippen LogP contribution in [0.15, 0.2) is 0 Å². The van der Waals surface area contributed by atoms with Crippen molar-refractivity contribution in [3.8, 4) is 0 Å². The molecular formula is C5H10F3O4P. The number of hydrogen-bond donors (Lipinski definition) is 1. The van der Waals surface area contributed by atoms with E-state index in [9.17, 15) is 17.7 Å². The Morgan fingerprint density at radius 3 is 2.00 bits per heavy atom. The molecule has 0 spiro atoms. The van der Waals surface area contributed by atoms with E-state index in [4.69, 9.17) is 5.11 Å². The van der Waals surface area contributed by atoms with Gasteiger partial charge in [-0.1, -0.05) is 0 Å². The molecule has 1 atom stereocenters. The van der Waals surface area contributed by atoms with Crippen LogP contribution in [-0.2, 0) is 13.6 Å². The van der Waals surface area contributed by atoms with E-state index in [-0.39, 0.29) is 0 Å². The number of hydrogen-bond acceptors (Lipinski definition) is 4. The normalized spacial score (nSPS) is 15.8. The molecule has 0 bridgehead atoms. The molecule has 0 saturated heterocycles. The second-order valence-electron chi connectivity index (χ2n) is 2.22. The van der Waals surface area contributed by atoms with Crippen molar-refractivity contribution in [3.63, 3.8) is 0 Å². The Kier molecular flexibility index (Phi) is 4.38. The van der Waals surface area contributed by atoms with Crippen molar-refractivity contribution in [3.05, 3.63) is 0 Å². The molecule has 0 aromatic carbocycles. The van der Waals surface area contributed by atoms with Crippen LogP contribution in [0.5, 0.6) is 0 Å². The van der Waals surface area contributed by atoms with Crippen molar-refractivity contribution in [2.24, 2.45) is 0 Å². The van der Waals surface area contributed by atoms with Crippen LogP contribution in [-0.4, -0.2) is 37.8 Å². The van der Waals surface area contributed by atoms with Gasteiger partial charge in [0.2, 0.25) is 0 Å². The summed E-state index contributed by atoms with van der Waals surface area (Å²) >= 11 is 0. The van der Waals surface area contributed by atoms with Gasteiger partial charge >= 0.3 is 13.8 Å². The van der Waals surface area contributed by atoms with Gasteiger partial charge in [0.05, 0.1) is 6.16 Å². The highest BCUT2D eigenvalue weighted by Gasteiger charge is 2.43. The van der Waals surface area contributed by atoms with Crippen LogP contribution in [0.1, 0.15) is 0 Å². The summed E-state index contributed by atoms with van der Waals surface area (Å²) in [7, 11) is -1.90. The topological polar surface area (TPSA) is 55.8 Å². The zero-order chi connectivity index (χ0) is 10.7. The number of aliphatic hydroxyl groups excluding tert-OH is 1. The lowest BCUT2D eigenvalue weighted by Gasteiger charge is -2.19. The highest BCUT2D eigenvalue weighted by molar-refractivity contribution is 7.53. The van der Waals surface area contributed by atoms with Crippen molar-refractivity contribution in [1.29, 1.82) is 0 Å². The number of rotatable bonds is 4. The van der Waals surface area contributed by atoms with Crippen molar-refractivity contribution in [1.82, 2.24) is 0 Å². The molecule has 1 N–H and O–H groups in total. The van der Waals surface area contributed by atoms with Gasteiger partial charge in [0.25, 0.3) is 0 Å². The van der Waals surface area contributed by atoms with Crippen molar-refractivity contribution in [2.75, 3.05) is 20.4 Å². The third-order valence-electron chi connectivity index (χ3n) is 1.33. The van der Waals surface area contributed by atoms with E-state index < -0.39 is 26.0 Å². The summed E-state index contributed by atoms with van der Waals surface area (Å²) in [6.45, 7) is 0. The van der Waals surface area contributed by atoms with Gasteiger partial charge in [-0.05, 0) is 0 Å². The standard InChI is InChI=1S/C5H10F3O4P/c1-11-13(10,12-2)3-4(9)5(6,7)8/h4,9H,3H2,1-2H3/t4-/m1/s1. The second kappa shape index (κ2) is 4.41. The molecule has 0 aliphatic heterocycles. The average molecular weight is 222 g/mol. The summed E-state index contributed by atoms with van der Waals surface area (Å²) < 4.78 is 54.9. The highest BCUT2D eigenvalue weighted by Crippen LogP contribution is 2.48. The molecule has 0 heterocycles. The van der Waals surface area contributed by atoms with E-state index >= 15 is 0 Å². The van der Waals surface area contributed by atoms with Crippen LogP contribution in [0.4, 0.5) is 13.2 Å². The lowest BCUT2D eigenvalue weighted by Crippen LogP contribution is -2.32. The molecule has 0 radical (unpaired) electrons. The van der Waals surface area contributed by atoms with Gasteiger partial charge in [0, 0.05) is 14.2 Å². The van der Waals surface area contributed by atoms with Crippen LogP contribution in [0, 0.1) is 0 Å². The maximum absolute atomic E-state index is 11.8. The Bertz CT molecular complexity index is 196. The van der Waals surface area contributed by atoms with E-state index in [1.807, 2.05) is 0 Å². The first kappa shape index (κ1) is 12.9. The van der Waals surface area contributed by atoms with Gasteiger partial charge in [-0.3, -0.25) is 4.57 Å². The lowest BCUT2D eigenvalue weighted by molar-refractivity contribution is -0.197. The summed E-state index contributed by atoms with van der Waals surface area (Å²) in [6, 6.07) is 0. The lowest BCUT2D eigenvalue weighted by atomic mass is 10.4. The molecule has 0 aliphatic rings. The molecule has 0 amide bonds. The average Bonchev–Trinajstić information content (AvgIpc) is 2.02. The van der Waals surface area contributed by atoms with Gasteiger partial charge in [0.15, 0.2) is 6.10 Å². The summed E-state index contributed by atoms with van der Waals surface area (Å²) in [6.07, 6.45) is -8.60. The predicted molar refractivity (Wildman–Crippen MR) is 38.6 cm³/mol. The largest absolute Gasteiger partial charge is 0.414 e. The smallest absolute Gasteiger partial charge is 0.383 e. The van der Waals surface area contributed by atoms with Crippen molar-refractivity contribution >= 4 is 7.60 Å². The van der Waals surface area contributed by atoms with Crippen molar-refractivity contribution in [2.45, 2.75) is 12.3 Å². The Morgan fingerprint density at radius 2 is 1.77 bits per heavy atom. The van der Waals surface area contributed by atoms with E-state index in [1.54, 1.807) is 0 Å². The molecule has 0 fully saturated rings. The maximum Gasteiger partial charge on any atom is 0.414 e. The highest BCUT2D eigenvalue weighted by atomic mass is 31.2. The van der Waals surface area contributed by atoms with Crippen LogP contribution < -0.4 is 0 Å². The fraction of sp³-hybridized carbons (Fsp3) is 1.00. The van der Waals surface area contributed by atoms with Crippen molar-refractivity contribution < 1.29 is 31.9 Å². The Morgan fingerprint density at radius 1 is 1.38 bits per heavy atom. The Hall–Kier alpha value is -0.100. The molecule has 0 saturated carbocycles. The Balaban J connectivity index is 4.35. The molecule has 4 nitrogen and oxygen atoms in total. The third-order valence-corrected chi connectivity index (χ3v) is 3.24. The minimum Gasteiger partial charge on any atom is -0.383 e. The number of aliphatic hydroxyl groups is 1. The molecule has 8 heteroatoms. The predicted octanol–water partition coefficient (Wildman–Crippen LogP) is 1.40. The van der Waals surface area contributed by atoms with Crippen LogP contribution in [0.3, 0.4) is 0 Å². The third kappa shape index (κ3) is 4.08. The summed E-state index contributed by atoms with van der Waals surface area (Å²) in [5.41, 5.74) is 0. The first-order valence-corrected chi connectivity index (χ1v) is 4.93. The fourth-order valence-corrected chi connectivity index (χ4v) is 1.62. The molecule has 80 valence electrons. The first-order chi connectivity index (χ1) is 5.75. The number of halogens is 3. The van der Waals surface area contributed by atoms with E-state index in [0.717, 1.165) is 14.2 Å². The van der Waals surface area contributed by atoms with Crippen LogP contribution >= 0.6 is 7.60 Å². The SMILES string of the molecule is COP(=O)(C[C@@H](O)C(F)(F)F)OC. The zero-order valence-electron chi connectivity index (χ0n) is 7.04. The van der Waals surface area contributed by atoms with Gasteiger partial charge in [0.1, 0.15) is 0 Å². The molecule has 0 aromatic heterocycles. The molecule has 0 rings (SSSR count). The summed E-state index contributed by atoms with van der Waals surface area (Å²) in [5.74, 6) is 0. The minimum atomic E-state index is -4.81. The van der Waals surface area contributed by atoms with E-state index in [1.165, 1.54) is 0 Å². The minimum absolute atomic E-state index is 0.952. The van der Waals surface area contributed by atoms with Gasteiger partial charge in [-0.25, -0.2) is 0 Å². The fourth-order valence-electron chi connectivity index (χ4n) is 0.539. The zero-order valence-corrected chi connectivity index (χ0v) is 7.93. The second-order valence-corrected chi connectivity index (χ2v) is 4.53. The first-order valence-electron chi connectivity index (χ1n) is 3.20. The monoisotopic (exact) mass is 222 g/mol. The number of alkyl halides is 3. The molecule has 0 aliphatic carbocycles. The van der Waals surface area contributed by atoms with Crippen LogP contribution in [0.25, 0.3) is 0 Å². The Labute approximate surface area is 73.2 Å². The maximum atomic E-state index is 11.8. The molecule has 0 unspecified atom stereocenters. The van der Waals surface area contributed by atoms with Crippen LogP contribution in [0.2, 0.25) is 0 Å². The molecule has 0 aromatic rings.